The molecule has 0 radical (unpaired) electrons. The average Bonchev–Trinajstić information content (AvgIpc) is 2.91. The van der Waals surface area contributed by atoms with E-state index in [0.29, 0.717) is 23.4 Å². The highest BCUT2D eigenvalue weighted by Gasteiger charge is 2.38. The van der Waals surface area contributed by atoms with Crippen LogP contribution in [0.2, 0.25) is 0 Å². The van der Waals surface area contributed by atoms with Crippen molar-refractivity contribution in [2.45, 2.75) is 38.7 Å². The molecule has 4 rings (SSSR count). The van der Waals surface area contributed by atoms with Gasteiger partial charge in [0.05, 0.1) is 11.3 Å². The molecule has 1 aromatic heterocycles. The molecule has 0 atom stereocenters. The fraction of sp³-hybridized carbons (Fsp3) is 0.194. The van der Waals surface area contributed by atoms with Gasteiger partial charge in [-0.3, -0.25) is 4.98 Å². The number of ether oxygens (including phenoxy) is 1. The van der Waals surface area contributed by atoms with E-state index in [4.69, 9.17) is 0 Å². The van der Waals surface area contributed by atoms with Crippen molar-refractivity contribution >= 4 is 0 Å². The first kappa shape index (κ1) is 28.7. The lowest BCUT2D eigenvalue weighted by Gasteiger charge is -2.19. The second-order valence-electron chi connectivity index (χ2n) is 8.97. The third kappa shape index (κ3) is 6.81. The number of hydrogen-bond acceptors (Lipinski definition) is 2. The van der Waals surface area contributed by atoms with Crippen LogP contribution >= 0.6 is 0 Å². The van der Waals surface area contributed by atoms with Gasteiger partial charge in [0.15, 0.2) is 17.5 Å². The molecule has 2 nitrogen and oxygen atoms in total. The van der Waals surface area contributed by atoms with Gasteiger partial charge in [-0.15, -0.1) is 0 Å². The molecule has 4 aromatic rings. The summed E-state index contributed by atoms with van der Waals surface area (Å²) in [5, 5.41) is 0. The molecule has 0 aliphatic rings. The highest BCUT2D eigenvalue weighted by Crippen LogP contribution is 2.34. The Morgan fingerprint density at radius 1 is 0.775 bits per heavy atom. The van der Waals surface area contributed by atoms with Gasteiger partial charge in [-0.1, -0.05) is 43.7 Å². The van der Waals surface area contributed by atoms with Crippen molar-refractivity contribution in [2.75, 3.05) is 0 Å². The van der Waals surface area contributed by atoms with Gasteiger partial charge in [0, 0.05) is 29.5 Å². The van der Waals surface area contributed by atoms with E-state index in [1.54, 1.807) is 12.3 Å². The lowest BCUT2D eigenvalue weighted by Crippen LogP contribution is -2.23. The predicted octanol–water partition coefficient (Wildman–Crippen LogP) is 8.70. The zero-order valence-corrected chi connectivity index (χ0v) is 21.2. The maximum atomic E-state index is 14.7. The van der Waals surface area contributed by atoms with Crippen LogP contribution in [0.5, 0.6) is 5.75 Å². The van der Waals surface area contributed by atoms with E-state index in [2.05, 4.69) is 28.5 Å². The number of aryl methyl sites for hydroxylation is 1. The molecular formula is C31H22F7NO. The molecular weight excluding hydrogens is 535 g/mol. The third-order valence-corrected chi connectivity index (χ3v) is 5.99. The Morgan fingerprint density at radius 3 is 2.15 bits per heavy atom. The van der Waals surface area contributed by atoms with Crippen molar-refractivity contribution < 1.29 is 35.5 Å². The quantitative estimate of drug-likeness (QED) is 0.0936. The predicted molar refractivity (Wildman–Crippen MR) is 136 cm³/mol. The minimum Gasteiger partial charge on any atom is -0.429 e. The highest BCUT2D eigenvalue weighted by atomic mass is 19.3. The number of pyridine rings is 1. The summed E-state index contributed by atoms with van der Waals surface area (Å²) >= 11 is 0. The van der Waals surface area contributed by atoms with E-state index in [1.807, 2.05) is 12.1 Å². The van der Waals surface area contributed by atoms with Crippen molar-refractivity contribution in [3.63, 3.8) is 0 Å². The van der Waals surface area contributed by atoms with E-state index in [-0.39, 0.29) is 23.3 Å². The maximum absolute atomic E-state index is 14.7. The van der Waals surface area contributed by atoms with Gasteiger partial charge in [0.25, 0.3) is 0 Å². The summed E-state index contributed by atoms with van der Waals surface area (Å²) in [6.07, 6.45) is 1.66. The monoisotopic (exact) mass is 557 g/mol. The van der Waals surface area contributed by atoms with Crippen LogP contribution in [0.1, 0.15) is 48.4 Å². The maximum Gasteiger partial charge on any atom is 0.429 e. The van der Waals surface area contributed by atoms with E-state index >= 15 is 0 Å². The van der Waals surface area contributed by atoms with Gasteiger partial charge >= 0.3 is 6.11 Å². The highest BCUT2D eigenvalue weighted by molar-refractivity contribution is 5.61. The third-order valence-electron chi connectivity index (χ3n) is 5.99. The van der Waals surface area contributed by atoms with Crippen molar-refractivity contribution in [3.8, 4) is 28.8 Å². The summed E-state index contributed by atoms with van der Waals surface area (Å²) in [7, 11) is 0. The second-order valence-corrected chi connectivity index (χ2v) is 8.97. The molecule has 3 aromatic carbocycles. The van der Waals surface area contributed by atoms with Crippen molar-refractivity contribution in [2.24, 2.45) is 0 Å². The summed E-state index contributed by atoms with van der Waals surface area (Å²) in [6.45, 7) is 2.13. The topological polar surface area (TPSA) is 22.1 Å². The number of hydrogen-bond donors (Lipinski definition) is 0. The summed E-state index contributed by atoms with van der Waals surface area (Å²) < 4.78 is 102. The van der Waals surface area contributed by atoms with Crippen molar-refractivity contribution in [1.82, 2.24) is 4.98 Å². The number of alkyl halides is 2. The van der Waals surface area contributed by atoms with E-state index in [1.165, 1.54) is 12.1 Å². The Labute approximate surface area is 226 Å². The first-order chi connectivity index (χ1) is 19.1. The number of unbranched alkanes of at least 4 members (excludes halogenated alkanes) is 2. The van der Waals surface area contributed by atoms with Crippen LogP contribution < -0.4 is 4.74 Å². The van der Waals surface area contributed by atoms with Crippen LogP contribution in [0.3, 0.4) is 0 Å². The average molecular weight is 558 g/mol. The standard InChI is InChI=1S/C31H22F7NO/c1-2-3-4-5-20-8-13-29(39-18-20)22-11-10-21(25(32)15-22)9-6-19-7-12-24(26(33)14-19)31(37,38)40-23-16-27(34)30(36)28(35)17-23/h7-8,10-18H,2-5H2,1H3. The van der Waals surface area contributed by atoms with E-state index in [9.17, 15) is 30.7 Å². The zero-order valence-electron chi connectivity index (χ0n) is 21.2. The largest absolute Gasteiger partial charge is 0.429 e. The van der Waals surface area contributed by atoms with Crippen molar-refractivity contribution in [3.05, 3.63) is 118 Å². The fourth-order valence-corrected chi connectivity index (χ4v) is 3.86. The first-order valence-corrected chi connectivity index (χ1v) is 12.4. The van der Waals surface area contributed by atoms with Crippen LogP contribution in [0.4, 0.5) is 30.7 Å². The molecule has 0 spiro atoms. The molecule has 0 aliphatic heterocycles. The number of rotatable bonds is 8. The fourth-order valence-electron chi connectivity index (χ4n) is 3.86. The molecule has 1 heterocycles. The van der Waals surface area contributed by atoms with Crippen LogP contribution in [-0.2, 0) is 12.5 Å². The minimum atomic E-state index is -4.35. The van der Waals surface area contributed by atoms with Gasteiger partial charge < -0.3 is 4.74 Å². The van der Waals surface area contributed by atoms with Crippen LogP contribution in [0.15, 0.2) is 66.9 Å². The van der Waals surface area contributed by atoms with Gasteiger partial charge in [-0.05, 0) is 54.8 Å². The van der Waals surface area contributed by atoms with Crippen molar-refractivity contribution in [1.29, 1.82) is 0 Å². The Balaban J connectivity index is 1.48. The van der Waals surface area contributed by atoms with Gasteiger partial charge in [-0.25, -0.2) is 22.0 Å². The molecule has 0 saturated carbocycles. The summed E-state index contributed by atoms with van der Waals surface area (Å²) in [5.41, 5.74) is 0.938. The first-order valence-electron chi connectivity index (χ1n) is 12.4. The summed E-state index contributed by atoms with van der Waals surface area (Å²) in [5.74, 6) is -3.42. The SMILES string of the molecule is CCCCCc1ccc(-c2ccc(C#Cc3ccc(C(F)(F)Oc4cc(F)c(F)c(F)c4)c(F)c3)c(F)c2)nc1. The van der Waals surface area contributed by atoms with Crippen LogP contribution in [0, 0.1) is 40.9 Å². The van der Waals surface area contributed by atoms with Gasteiger partial charge in [0.1, 0.15) is 22.9 Å². The molecule has 0 bridgehead atoms. The molecule has 0 fully saturated rings. The van der Waals surface area contributed by atoms with Crippen LogP contribution in [0.25, 0.3) is 11.3 Å². The molecule has 0 aliphatic carbocycles. The Morgan fingerprint density at radius 2 is 1.52 bits per heavy atom. The molecule has 0 unspecified atom stereocenters. The van der Waals surface area contributed by atoms with E-state index < -0.39 is 46.5 Å². The smallest absolute Gasteiger partial charge is 0.429 e. The number of aromatic nitrogens is 1. The Hall–Kier alpha value is -4.32. The molecule has 0 saturated heterocycles. The Kier molecular flexibility index (Phi) is 8.78. The Bertz CT molecular complexity index is 1550. The van der Waals surface area contributed by atoms with Gasteiger partial charge in [0.2, 0.25) is 0 Å². The van der Waals surface area contributed by atoms with Gasteiger partial charge in [-0.2, -0.15) is 8.78 Å². The lowest BCUT2D eigenvalue weighted by atomic mass is 10.0. The zero-order chi connectivity index (χ0) is 28.9. The van der Waals surface area contributed by atoms with E-state index in [0.717, 1.165) is 37.3 Å². The number of halogens is 7. The van der Waals surface area contributed by atoms with Crippen LogP contribution in [-0.4, -0.2) is 4.98 Å². The normalized spacial score (nSPS) is 11.2. The lowest BCUT2D eigenvalue weighted by molar-refractivity contribution is -0.187. The molecule has 0 N–H and O–H groups in total. The number of benzene rings is 3. The molecule has 40 heavy (non-hydrogen) atoms. The second kappa shape index (κ2) is 12.2. The summed E-state index contributed by atoms with van der Waals surface area (Å²) in [4.78, 5) is 4.40. The molecule has 9 heteroatoms. The minimum absolute atomic E-state index is 0.00144. The summed E-state index contributed by atoms with van der Waals surface area (Å²) in [6, 6.07) is 10.9. The molecule has 0 amide bonds. The molecule has 206 valence electrons. The number of nitrogens with zero attached hydrogens (tertiary/aromatic N) is 1.